The molecule has 0 aliphatic heterocycles. The van der Waals surface area contributed by atoms with Crippen LogP contribution in [0.25, 0.3) is 0 Å². The third-order valence-electron chi connectivity index (χ3n) is 7.70. The zero-order valence-corrected chi connectivity index (χ0v) is 15.0. The summed E-state index contributed by atoms with van der Waals surface area (Å²) in [6.45, 7) is 5.07. The lowest BCUT2D eigenvalue weighted by atomic mass is 9.54. The first-order chi connectivity index (χ1) is 11.1. The summed E-state index contributed by atoms with van der Waals surface area (Å²) < 4.78 is 11.1. The van der Waals surface area contributed by atoms with E-state index in [-0.39, 0.29) is 0 Å². The average Bonchev–Trinajstić information content (AvgIpc) is 2.88. The second-order valence-electron chi connectivity index (χ2n) is 8.34. The third-order valence-corrected chi connectivity index (χ3v) is 7.70. The van der Waals surface area contributed by atoms with E-state index in [2.05, 4.69) is 26.0 Å². The Morgan fingerprint density at radius 2 is 1.74 bits per heavy atom. The van der Waals surface area contributed by atoms with Crippen LogP contribution in [0.15, 0.2) is 12.1 Å². The van der Waals surface area contributed by atoms with E-state index in [9.17, 15) is 0 Å². The molecule has 0 aromatic heterocycles. The summed E-state index contributed by atoms with van der Waals surface area (Å²) in [6.07, 6.45) is 8.20. The van der Waals surface area contributed by atoms with Crippen molar-refractivity contribution < 1.29 is 9.47 Å². The van der Waals surface area contributed by atoms with Crippen LogP contribution in [-0.2, 0) is 6.42 Å². The first kappa shape index (κ1) is 15.4. The highest BCUT2D eigenvalue weighted by Gasteiger charge is 2.53. The number of ether oxygens (including phenoxy) is 2. The van der Waals surface area contributed by atoms with Crippen LogP contribution in [0.4, 0.5) is 0 Å². The van der Waals surface area contributed by atoms with Crippen molar-refractivity contribution in [2.24, 2.45) is 23.2 Å². The number of benzene rings is 1. The van der Waals surface area contributed by atoms with Crippen molar-refractivity contribution in [3.63, 3.8) is 0 Å². The summed E-state index contributed by atoms with van der Waals surface area (Å²) in [5, 5.41) is 0. The van der Waals surface area contributed by atoms with Crippen molar-refractivity contribution in [3.05, 3.63) is 23.3 Å². The minimum atomic E-state index is 0.592. The van der Waals surface area contributed by atoms with Crippen molar-refractivity contribution in [1.82, 2.24) is 0 Å². The fourth-order valence-corrected chi connectivity index (χ4v) is 6.16. The zero-order valence-electron chi connectivity index (χ0n) is 15.0. The van der Waals surface area contributed by atoms with Gasteiger partial charge in [-0.15, -0.1) is 0 Å². The SMILES string of the molecule is COc1cc2c(cc1OC)C1CC[C@@]3(C)C(CC[C@@H]3C)C1CC2. The molecule has 0 N–H and O–H groups in total. The molecule has 3 unspecified atom stereocenters. The number of aryl methyl sites for hydroxylation is 1. The first-order valence-electron chi connectivity index (χ1n) is 9.33. The quantitative estimate of drug-likeness (QED) is 0.747. The Labute approximate surface area is 140 Å². The summed E-state index contributed by atoms with van der Waals surface area (Å²) >= 11 is 0. The van der Waals surface area contributed by atoms with Gasteiger partial charge in [-0.1, -0.05) is 13.8 Å². The molecule has 2 heteroatoms. The Morgan fingerprint density at radius 3 is 2.48 bits per heavy atom. The van der Waals surface area contributed by atoms with Gasteiger partial charge >= 0.3 is 0 Å². The van der Waals surface area contributed by atoms with Gasteiger partial charge in [-0.25, -0.2) is 0 Å². The highest BCUT2D eigenvalue weighted by atomic mass is 16.5. The van der Waals surface area contributed by atoms with Crippen LogP contribution in [0.2, 0.25) is 0 Å². The zero-order chi connectivity index (χ0) is 16.2. The van der Waals surface area contributed by atoms with E-state index in [1.807, 2.05) is 0 Å². The minimum absolute atomic E-state index is 0.592. The lowest BCUT2D eigenvalue weighted by Gasteiger charge is -2.50. The van der Waals surface area contributed by atoms with E-state index >= 15 is 0 Å². The second kappa shape index (κ2) is 5.43. The van der Waals surface area contributed by atoms with Gasteiger partial charge in [0, 0.05) is 0 Å². The summed E-state index contributed by atoms with van der Waals surface area (Å²) in [4.78, 5) is 0. The van der Waals surface area contributed by atoms with Crippen LogP contribution in [-0.4, -0.2) is 14.2 Å². The molecule has 1 aromatic carbocycles. The molecule has 3 aliphatic carbocycles. The van der Waals surface area contributed by atoms with Crippen LogP contribution >= 0.6 is 0 Å². The molecule has 23 heavy (non-hydrogen) atoms. The molecule has 2 saturated carbocycles. The Bertz CT molecular complexity index is 608. The lowest BCUT2D eigenvalue weighted by Crippen LogP contribution is -2.41. The van der Waals surface area contributed by atoms with E-state index in [1.54, 1.807) is 19.8 Å². The molecule has 5 atom stereocenters. The molecule has 2 fully saturated rings. The van der Waals surface area contributed by atoms with Gasteiger partial charge in [-0.05, 0) is 90.9 Å². The monoisotopic (exact) mass is 314 g/mol. The van der Waals surface area contributed by atoms with Crippen molar-refractivity contribution in [2.75, 3.05) is 14.2 Å². The van der Waals surface area contributed by atoms with Gasteiger partial charge in [0.25, 0.3) is 0 Å². The molecule has 2 nitrogen and oxygen atoms in total. The van der Waals surface area contributed by atoms with E-state index < -0.39 is 0 Å². The van der Waals surface area contributed by atoms with Gasteiger partial charge < -0.3 is 9.47 Å². The van der Waals surface area contributed by atoms with E-state index in [1.165, 1.54) is 44.1 Å². The molecule has 1 aromatic rings. The Kier molecular flexibility index (Phi) is 3.62. The van der Waals surface area contributed by atoms with Crippen LogP contribution in [0.1, 0.15) is 63.0 Å². The predicted molar refractivity (Wildman–Crippen MR) is 93.3 cm³/mol. The Balaban J connectivity index is 1.72. The van der Waals surface area contributed by atoms with Crippen LogP contribution in [0, 0.1) is 23.2 Å². The van der Waals surface area contributed by atoms with Gasteiger partial charge in [-0.3, -0.25) is 0 Å². The molecule has 0 radical (unpaired) electrons. The molecule has 126 valence electrons. The number of hydrogen-bond acceptors (Lipinski definition) is 2. The molecular formula is C21H30O2. The van der Waals surface area contributed by atoms with Crippen LogP contribution in [0.3, 0.4) is 0 Å². The molecule has 0 spiro atoms. The molecule has 0 saturated heterocycles. The first-order valence-corrected chi connectivity index (χ1v) is 9.33. The summed E-state index contributed by atoms with van der Waals surface area (Å²) in [7, 11) is 3.49. The van der Waals surface area contributed by atoms with Crippen molar-refractivity contribution in [2.45, 2.75) is 58.3 Å². The normalized spacial score (nSPS) is 38.4. The molecule has 0 amide bonds. The summed E-state index contributed by atoms with van der Waals surface area (Å²) in [6, 6.07) is 4.52. The predicted octanol–water partition coefficient (Wildman–Crippen LogP) is 5.20. The standard InChI is InChI=1S/C21H30O2/c1-13-5-8-18-16-7-6-14-11-19(22-3)20(23-4)12-17(14)15(16)9-10-21(13,18)2/h11-13,15-16,18H,5-10H2,1-4H3/t13-,15?,16?,18?,21+/m0/s1. The highest BCUT2D eigenvalue weighted by molar-refractivity contribution is 5.50. The molecule has 4 rings (SSSR count). The fourth-order valence-electron chi connectivity index (χ4n) is 6.16. The Morgan fingerprint density at radius 1 is 1.00 bits per heavy atom. The fraction of sp³-hybridized carbons (Fsp3) is 0.714. The van der Waals surface area contributed by atoms with Crippen molar-refractivity contribution in [3.8, 4) is 11.5 Å². The molecular weight excluding hydrogens is 284 g/mol. The van der Waals surface area contributed by atoms with Gasteiger partial charge in [0.15, 0.2) is 11.5 Å². The number of rotatable bonds is 2. The molecule has 0 bridgehead atoms. The topological polar surface area (TPSA) is 18.5 Å². The molecule has 3 aliphatic rings. The van der Waals surface area contributed by atoms with Gasteiger partial charge in [0.05, 0.1) is 14.2 Å². The van der Waals surface area contributed by atoms with E-state index in [4.69, 9.17) is 9.47 Å². The minimum Gasteiger partial charge on any atom is -0.493 e. The Hall–Kier alpha value is -1.18. The van der Waals surface area contributed by atoms with Gasteiger partial charge in [-0.2, -0.15) is 0 Å². The summed E-state index contributed by atoms with van der Waals surface area (Å²) in [5.74, 6) is 5.24. The maximum absolute atomic E-state index is 5.58. The molecule has 0 heterocycles. The largest absolute Gasteiger partial charge is 0.493 e. The number of methoxy groups -OCH3 is 2. The lowest BCUT2D eigenvalue weighted by molar-refractivity contribution is 0.0336. The summed E-state index contributed by atoms with van der Waals surface area (Å²) in [5.41, 5.74) is 3.65. The number of hydrogen-bond donors (Lipinski definition) is 0. The smallest absolute Gasteiger partial charge is 0.161 e. The van der Waals surface area contributed by atoms with Gasteiger partial charge in [0.1, 0.15) is 0 Å². The van der Waals surface area contributed by atoms with Crippen LogP contribution in [0.5, 0.6) is 11.5 Å². The average molecular weight is 314 g/mol. The van der Waals surface area contributed by atoms with Crippen LogP contribution < -0.4 is 9.47 Å². The highest BCUT2D eigenvalue weighted by Crippen LogP contribution is 2.63. The van der Waals surface area contributed by atoms with E-state index in [0.717, 1.165) is 35.2 Å². The van der Waals surface area contributed by atoms with Crippen molar-refractivity contribution >= 4 is 0 Å². The van der Waals surface area contributed by atoms with Crippen molar-refractivity contribution in [1.29, 1.82) is 0 Å². The number of fused-ring (bicyclic) bond motifs is 5. The maximum atomic E-state index is 5.58. The third kappa shape index (κ3) is 2.13. The van der Waals surface area contributed by atoms with Gasteiger partial charge in [0.2, 0.25) is 0 Å². The maximum Gasteiger partial charge on any atom is 0.161 e. The van der Waals surface area contributed by atoms with E-state index in [0.29, 0.717) is 5.41 Å². The second-order valence-corrected chi connectivity index (χ2v) is 8.34.